The molecule has 0 amide bonds. The Morgan fingerprint density at radius 2 is 0.471 bits per heavy atom. The van der Waals surface area contributed by atoms with E-state index in [1.165, 1.54) is 225 Å². The summed E-state index contributed by atoms with van der Waals surface area (Å²) in [4.78, 5) is 73.1. The molecule has 0 saturated heterocycles. The van der Waals surface area contributed by atoms with Crippen LogP contribution in [-0.2, 0) is 65.4 Å². The summed E-state index contributed by atoms with van der Waals surface area (Å²) in [5.74, 6) is 1.04. The lowest BCUT2D eigenvalue weighted by atomic mass is 9.99. The minimum absolute atomic E-state index is 0.105. The van der Waals surface area contributed by atoms with Crippen LogP contribution in [0.4, 0.5) is 0 Å². The lowest BCUT2D eigenvalue weighted by Crippen LogP contribution is -2.30. The maximum absolute atomic E-state index is 13.1. The van der Waals surface area contributed by atoms with Gasteiger partial charge in [-0.1, -0.05) is 376 Å². The third kappa shape index (κ3) is 73.6. The number of phosphoric acid groups is 2. The Morgan fingerprint density at radius 1 is 0.275 bits per heavy atom. The van der Waals surface area contributed by atoms with E-state index in [4.69, 9.17) is 37.0 Å². The second kappa shape index (κ2) is 72.0. The molecule has 0 radical (unpaired) electrons. The molecule has 0 aromatic heterocycles. The van der Waals surface area contributed by atoms with Gasteiger partial charge in [0.25, 0.3) is 0 Å². The summed E-state index contributed by atoms with van der Waals surface area (Å²) < 4.78 is 68.8. The van der Waals surface area contributed by atoms with Crippen molar-refractivity contribution in [2.75, 3.05) is 39.6 Å². The molecule has 0 spiro atoms. The number of carbonyl (C=O) groups is 4. The highest BCUT2D eigenvalue weighted by Crippen LogP contribution is 2.45. The van der Waals surface area contributed by atoms with Gasteiger partial charge in [-0.15, -0.1) is 0 Å². The zero-order valence-electron chi connectivity index (χ0n) is 67.2. The molecule has 4 unspecified atom stereocenters. The van der Waals surface area contributed by atoms with Gasteiger partial charge in [0.15, 0.2) is 12.2 Å². The Bertz CT molecular complexity index is 1990. The minimum Gasteiger partial charge on any atom is -0.462 e. The molecule has 3 N–H and O–H groups in total. The van der Waals surface area contributed by atoms with Crippen molar-refractivity contribution in [3.05, 3.63) is 0 Å². The number of aliphatic hydroxyl groups excluding tert-OH is 1. The summed E-state index contributed by atoms with van der Waals surface area (Å²) in [6.07, 6.45) is 59.7. The number of phosphoric ester groups is 2. The highest BCUT2D eigenvalue weighted by atomic mass is 31.2. The van der Waals surface area contributed by atoms with Crippen LogP contribution in [0.5, 0.6) is 0 Å². The molecule has 0 saturated carbocycles. The van der Waals surface area contributed by atoms with Crippen molar-refractivity contribution in [3.63, 3.8) is 0 Å². The number of hydrogen-bond donors (Lipinski definition) is 3. The van der Waals surface area contributed by atoms with Crippen molar-refractivity contribution >= 4 is 39.5 Å². The number of rotatable bonds is 80. The van der Waals surface area contributed by atoms with Gasteiger partial charge in [-0.25, -0.2) is 9.13 Å². The van der Waals surface area contributed by atoms with Gasteiger partial charge in [0.05, 0.1) is 26.4 Å². The molecule has 17 nitrogen and oxygen atoms in total. The zero-order chi connectivity index (χ0) is 75.3. The van der Waals surface area contributed by atoms with Crippen LogP contribution in [0.3, 0.4) is 0 Å². The predicted octanol–water partition coefficient (Wildman–Crippen LogP) is 24.8. The first-order chi connectivity index (χ1) is 49.2. The molecule has 0 heterocycles. The monoisotopic (exact) mass is 1490 g/mol. The van der Waals surface area contributed by atoms with E-state index in [0.717, 1.165) is 120 Å². The van der Waals surface area contributed by atoms with Gasteiger partial charge in [0, 0.05) is 25.7 Å². The summed E-state index contributed by atoms with van der Waals surface area (Å²) in [7, 11) is -9.92. The van der Waals surface area contributed by atoms with Crippen LogP contribution >= 0.6 is 15.6 Å². The predicted molar refractivity (Wildman–Crippen MR) is 418 cm³/mol. The molecule has 0 fully saturated rings. The van der Waals surface area contributed by atoms with Gasteiger partial charge >= 0.3 is 39.5 Å². The number of carbonyl (C=O) groups excluding carboxylic acids is 4. The van der Waals surface area contributed by atoms with E-state index in [1.807, 2.05) is 0 Å². The van der Waals surface area contributed by atoms with Gasteiger partial charge in [-0.05, 0) is 49.4 Å². The number of aliphatic hydroxyl groups is 1. The average Bonchev–Trinajstić information content (AvgIpc) is 0.914. The van der Waals surface area contributed by atoms with Crippen molar-refractivity contribution in [1.29, 1.82) is 0 Å². The van der Waals surface area contributed by atoms with Crippen LogP contribution in [0, 0.1) is 23.7 Å². The van der Waals surface area contributed by atoms with Crippen molar-refractivity contribution in [3.8, 4) is 0 Å². The lowest BCUT2D eigenvalue weighted by Gasteiger charge is -2.21. The topological polar surface area (TPSA) is 237 Å². The van der Waals surface area contributed by atoms with Gasteiger partial charge in [0.2, 0.25) is 0 Å². The van der Waals surface area contributed by atoms with Crippen molar-refractivity contribution in [2.45, 2.75) is 446 Å². The van der Waals surface area contributed by atoms with Crippen LogP contribution in [0.15, 0.2) is 0 Å². The summed E-state index contributed by atoms with van der Waals surface area (Å²) >= 11 is 0. The molecule has 0 aliphatic heterocycles. The molecule has 102 heavy (non-hydrogen) atoms. The highest BCUT2D eigenvalue weighted by Gasteiger charge is 2.30. The summed E-state index contributed by atoms with van der Waals surface area (Å²) in [5, 5.41) is 10.7. The van der Waals surface area contributed by atoms with E-state index in [9.17, 15) is 43.2 Å². The molecule has 0 aromatic carbocycles. The van der Waals surface area contributed by atoms with Gasteiger partial charge in [-0.3, -0.25) is 37.3 Å². The smallest absolute Gasteiger partial charge is 0.462 e. The van der Waals surface area contributed by atoms with Gasteiger partial charge in [-0.2, -0.15) is 0 Å². The summed E-state index contributed by atoms with van der Waals surface area (Å²) in [6, 6.07) is 0. The molecule has 0 bridgehead atoms. The number of hydrogen-bond acceptors (Lipinski definition) is 15. The zero-order valence-corrected chi connectivity index (χ0v) is 69.0. The fourth-order valence-electron chi connectivity index (χ4n) is 12.7. The second-order valence-electron chi connectivity index (χ2n) is 31.3. The third-order valence-corrected chi connectivity index (χ3v) is 21.9. The van der Waals surface area contributed by atoms with Gasteiger partial charge in [0.1, 0.15) is 19.3 Å². The minimum atomic E-state index is -4.96. The molecule has 0 aliphatic carbocycles. The van der Waals surface area contributed by atoms with Crippen molar-refractivity contribution < 1.29 is 80.2 Å². The molecular formula is C83H162O17P2. The molecular weight excluding hydrogens is 1330 g/mol. The first-order valence-corrected chi connectivity index (χ1v) is 45.8. The normalized spacial score (nSPS) is 14.5. The first kappa shape index (κ1) is 100. The SMILES string of the molecule is CCC(C)CCCCCCCCCCCCC(=O)O[C@H](COC(=O)CCCCCCCCC(C)CC)COP(=O)(O)OC[C@H](O)COP(=O)(O)OC[C@@H](COC(=O)CCCCCCCCCCCCCCCCCCCCC(C)C)OC(=O)CCCCCCCCCCCCCCCCC(C)C. The molecule has 19 heteroatoms. The van der Waals surface area contributed by atoms with Crippen LogP contribution in [0.1, 0.15) is 428 Å². The van der Waals surface area contributed by atoms with Crippen LogP contribution in [-0.4, -0.2) is 96.7 Å². The maximum Gasteiger partial charge on any atom is 0.472 e. The van der Waals surface area contributed by atoms with E-state index >= 15 is 0 Å². The second-order valence-corrected chi connectivity index (χ2v) is 34.2. The Labute approximate surface area is 626 Å². The van der Waals surface area contributed by atoms with Crippen molar-refractivity contribution in [1.82, 2.24) is 0 Å². The van der Waals surface area contributed by atoms with Crippen LogP contribution in [0.25, 0.3) is 0 Å². The molecule has 0 aliphatic rings. The van der Waals surface area contributed by atoms with E-state index < -0.39 is 97.5 Å². The first-order valence-electron chi connectivity index (χ1n) is 42.8. The largest absolute Gasteiger partial charge is 0.472 e. The fraction of sp³-hybridized carbons (Fsp3) is 0.952. The highest BCUT2D eigenvalue weighted by molar-refractivity contribution is 7.47. The standard InChI is InChI=1S/C83H162O17P2/c1-9-75(7)61-53-45-37-31-27-28-34-40-50-58-66-83(88)100-79(70-94-81(86)64-56-48-42-41-46-54-62-76(8)10-2)72-98-102(91,92)96-68-77(84)67-95-101(89,90)97-71-78(99-82(87)65-57-49-39-33-26-22-18-17-20-24-30-36-44-52-60-74(5)6)69-93-80(85)63-55-47-38-32-25-21-16-14-12-11-13-15-19-23-29-35-43-51-59-73(3)4/h73-79,84H,9-72H2,1-8H3,(H,89,90)(H,91,92)/t75?,76?,77-,78-,79-/m1/s1. The molecule has 0 rings (SSSR count). The third-order valence-electron chi connectivity index (χ3n) is 20.0. The summed E-state index contributed by atoms with van der Waals surface area (Å²) in [5.41, 5.74) is 0. The number of ether oxygens (including phenoxy) is 4. The van der Waals surface area contributed by atoms with Crippen LogP contribution < -0.4 is 0 Å². The van der Waals surface area contributed by atoms with E-state index in [0.29, 0.717) is 25.7 Å². The lowest BCUT2D eigenvalue weighted by molar-refractivity contribution is -0.161. The van der Waals surface area contributed by atoms with Crippen LogP contribution in [0.2, 0.25) is 0 Å². The molecule has 7 atom stereocenters. The van der Waals surface area contributed by atoms with E-state index in [2.05, 4.69) is 55.4 Å². The average molecular weight is 1490 g/mol. The Kier molecular flexibility index (Phi) is 70.6. The fourth-order valence-corrected chi connectivity index (χ4v) is 14.3. The maximum atomic E-state index is 13.1. The Hall–Kier alpha value is -1.94. The Morgan fingerprint density at radius 3 is 0.696 bits per heavy atom. The van der Waals surface area contributed by atoms with E-state index in [1.54, 1.807) is 0 Å². The summed E-state index contributed by atoms with van der Waals surface area (Å²) in [6.45, 7) is 14.3. The molecule has 606 valence electrons. The Balaban J connectivity index is 5.23. The molecule has 0 aromatic rings. The van der Waals surface area contributed by atoms with Gasteiger partial charge < -0.3 is 33.8 Å². The number of esters is 4. The number of unbranched alkanes of at least 4 members (excludes halogenated alkanes) is 44. The quantitative estimate of drug-likeness (QED) is 0.0222. The van der Waals surface area contributed by atoms with E-state index in [-0.39, 0.29) is 25.7 Å². The van der Waals surface area contributed by atoms with Crippen molar-refractivity contribution in [2.24, 2.45) is 23.7 Å².